The van der Waals surface area contributed by atoms with Crippen LogP contribution in [0.2, 0.25) is 0 Å². The molecule has 6 nitrogen and oxygen atoms in total. The van der Waals surface area contributed by atoms with E-state index in [4.69, 9.17) is 0 Å². The summed E-state index contributed by atoms with van der Waals surface area (Å²) < 4.78 is 26.7. The minimum atomic E-state index is -3.68. The molecule has 0 saturated carbocycles. The Labute approximate surface area is 160 Å². The van der Waals surface area contributed by atoms with Gasteiger partial charge >= 0.3 is 0 Å². The normalized spacial score (nSPS) is 19.5. The highest BCUT2D eigenvalue weighted by molar-refractivity contribution is 7.90. The molecule has 2 aliphatic heterocycles. The molecule has 2 fully saturated rings. The highest BCUT2D eigenvalue weighted by Crippen LogP contribution is 2.37. The number of hydrogen-bond acceptors (Lipinski definition) is 4. The second kappa shape index (κ2) is 6.80. The lowest BCUT2D eigenvalue weighted by atomic mass is 9.78. The number of amides is 1. The molecule has 0 radical (unpaired) electrons. The summed E-state index contributed by atoms with van der Waals surface area (Å²) in [4.78, 5) is 14.9. The van der Waals surface area contributed by atoms with E-state index in [0.717, 1.165) is 48.6 Å². The Morgan fingerprint density at radius 1 is 1.07 bits per heavy atom. The molecule has 1 aromatic carbocycles. The Balaban J connectivity index is 1.49. The second-order valence-corrected chi connectivity index (χ2v) is 9.61. The predicted molar refractivity (Wildman–Crippen MR) is 103 cm³/mol. The van der Waals surface area contributed by atoms with E-state index in [-0.39, 0.29) is 10.8 Å². The molecule has 1 aromatic heterocycles. The van der Waals surface area contributed by atoms with Gasteiger partial charge in [0.15, 0.2) is 0 Å². The molecule has 0 aliphatic carbocycles. The highest BCUT2D eigenvalue weighted by Gasteiger charge is 2.38. The molecule has 1 spiro atoms. The van der Waals surface area contributed by atoms with Crippen molar-refractivity contribution in [3.8, 4) is 0 Å². The van der Waals surface area contributed by atoms with Crippen molar-refractivity contribution in [2.45, 2.75) is 31.1 Å². The van der Waals surface area contributed by atoms with Gasteiger partial charge in [-0.15, -0.1) is 0 Å². The van der Waals surface area contributed by atoms with Gasteiger partial charge in [-0.2, -0.15) is 0 Å². The van der Waals surface area contributed by atoms with Crippen LogP contribution >= 0.6 is 0 Å². The van der Waals surface area contributed by atoms with Crippen molar-refractivity contribution in [1.29, 1.82) is 0 Å². The van der Waals surface area contributed by atoms with Gasteiger partial charge in [0.05, 0.1) is 10.5 Å². The third kappa shape index (κ3) is 3.41. The van der Waals surface area contributed by atoms with E-state index >= 15 is 0 Å². The summed E-state index contributed by atoms with van der Waals surface area (Å²) in [6.45, 7) is 5.48. The Kier molecular flexibility index (Phi) is 4.60. The maximum absolute atomic E-state index is 12.8. The second-order valence-electron chi connectivity index (χ2n) is 7.77. The van der Waals surface area contributed by atoms with Gasteiger partial charge in [-0.05, 0) is 56.3 Å². The summed E-state index contributed by atoms with van der Waals surface area (Å²) in [6.07, 6.45) is 6.08. The lowest BCUT2D eigenvalue weighted by Gasteiger charge is -2.38. The van der Waals surface area contributed by atoms with E-state index in [1.165, 1.54) is 18.8 Å². The summed E-state index contributed by atoms with van der Waals surface area (Å²) in [6, 6.07) is 8.31. The predicted octanol–water partition coefficient (Wildman–Crippen LogP) is 2.25. The molecule has 7 heteroatoms. The van der Waals surface area contributed by atoms with Crippen molar-refractivity contribution in [1.82, 2.24) is 14.2 Å². The van der Waals surface area contributed by atoms with Gasteiger partial charge in [0, 0.05) is 32.0 Å². The van der Waals surface area contributed by atoms with Gasteiger partial charge in [0.25, 0.3) is 15.9 Å². The molecule has 4 rings (SSSR count). The number of rotatable bonds is 3. The first-order chi connectivity index (χ1) is 12.9. The van der Waals surface area contributed by atoms with E-state index < -0.39 is 10.0 Å². The number of carbonyl (C=O) groups is 1. The first-order valence-corrected chi connectivity index (χ1v) is 10.8. The third-order valence-electron chi connectivity index (χ3n) is 5.95. The lowest BCUT2D eigenvalue weighted by Crippen LogP contribution is -2.43. The Hall–Kier alpha value is -2.12. The molecule has 0 atom stereocenters. The zero-order chi connectivity index (χ0) is 19.1. The van der Waals surface area contributed by atoms with Crippen LogP contribution in [-0.4, -0.2) is 49.4 Å². The summed E-state index contributed by atoms with van der Waals surface area (Å²) in [7, 11) is -3.68. The van der Waals surface area contributed by atoms with E-state index in [9.17, 15) is 13.2 Å². The van der Waals surface area contributed by atoms with Crippen LogP contribution in [0.1, 0.15) is 35.2 Å². The third-order valence-corrected chi connectivity index (χ3v) is 7.60. The zero-order valence-corrected chi connectivity index (χ0v) is 16.3. The molecule has 0 bridgehead atoms. The number of carbonyl (C=O) groups excluding carboxylic acids is 1. The van der Waals surface area contributed by atoms with Crippen LogP contribution in [0.4, 0.5) is 0 Å². The molecule has 1 amide bonds. The maximum Gasteiger partial charge on any atom is 0.267 e. The average molecular weight is 388 g/mol. The van der Waals surface area contributed by atoms with E-state index in [1.807, 2.05) is 11.8 Å². The number of benzene rings is 1. The Morgan fingerprint density at radius 2 is 1.78 bits per heavy atom. The minimum absolute atomic E-state index is 0.0892. The van der Waals surface area contributed by atoms with Crippen LogP contribution in [0.3, 0.4) is 0 Å². The topological polar surface area (TPSA) is 71.4 Å². The number of hydrogen-bond donors (Lipinski definition) is 1. The fourth-order valence-corrected chi connectivity index (χ4v) is 5.27. The van der Waals surface area contributed by atoms with Gasteiger partial charge in [0.1, 0.15) is 0 Å². The van der Waals surface area contributed by atoms with Crippen LogP contribution in [0.15, 0.2) is 47.6 Å². The smallest absolute Gasteiger partial charge is 0.267 e. The number of piperidine rings is 1. The van der Waals surface area contributed by atoms with Crippen molar-refractivity contribution >= 4 is 15.9 Å². The fourth-order valence-electron chi connectivity index (χ4n) is 4.07. The summed E-state index contributed by atoms with van der Waals surface area (Å²) >= 11 is 0. The molecule has 27 heavy (non-hydrogen) atoms. The quantitative estimate of drug-likeness (QED) is 0.877. The molecule has 2 aromatic rings. The Bertz CT molecular complexity index is 931. The number of nitrogens with zero attached hydrogens (tertiary/aromatic N) is 2. The van der Waals surface area contributed by atoms with E-state index in [0.29, 0.717) is 11.0 Å². The van der Waals surface area contributed by atoms with Gasteiger partial charge in [0.2, 0.25) is 0 Å². The van der Waals surface area contributed by atoms with Crippen molar-refractivity contribution in [2.24, 2.45) is 5.41 Å². The van der Waals surface area contributed by atoms with Crippen molar-refractivity contribution in [3.63, 3.8) is 0 Å². The van der Waals surface area contributed by atoms with Crippen LogP contribution < -0.4 is 5.32 Å². The largest absolute Gasteiger partial charge is 0.339 e. The first-order valence-electron chi connectivity index (χ1n) is 9.40. The average Bonchev–Trinajstić information content (AvgIpc) is 3.33. The highest BCUT2D eigenvalue weighted by atomic mass is 32.2. The van der Waals surface area contributed by atoms with Crippen molar-refractivity contribution in [2.75, 3.05) is 26.2 Å². The monoisotopic (exact) mass is 387 g/mol. The maximum atomic E-state index is 12.8. The van der Waals surface area contributed by atoms with Gasteiger partial charge in [-0.3, -0.25) is 4.79 Å². The first kappa shape index (κ1) is 18.3. The molecule has 2 aliphatic rings. The Morgan fingerprint density at radius 3 is 2.41 bits per heavy atom. The standard InChI is InChI=1S/C20H25N3O3S/c1-16-2-4-18(5-3-16)27(25,26)23-11-6-17(14-23)19(24)22-12-8-20(9-13-22)7-10-21-15-20/h2-6,11,14,21H,7-10,12-13,15H2,1H3. The van der Waals surface area contributed by atoms with Crippen LogP contribution in [0.5, 0.6) is 0 Å². The number of aromatic nitrogens is 1. The number of likely N-dealkylation sites (tertiary alicyclic amines) is 1. The van der Waals surface area contributed by atoms with Crippen LogP contribution in [0.25, 0.3) is 0 Å². The molecule has 0 unspecified atom stereocenters. The van der Waals surface area contributed by atoms with Gasteiger partial charge < -0.3 is 10.2 Å². The van der Waals surface area contributed by atoms with E-state index in [1.54, 1.807) is 30.3 Å². The number of nitrogens with one attached hydrogen (secondary N) is 1. The van der Waals surface area contributed by atoms with E-state index in [2.05, 4.69) is 5.32 Å². The molecular formula is C20H25N3O3S. The van der Waals surface area contributed by atoms with Gasteiger partial charge in [-0.25, -0.2) is 12.4 Å². The van der Waals surface area contributed by atoms with Crippen molar-refractivity contribution < 1.29 is 13.2 Å². The zero-order valence-electron chi connectivity index (χ0n) is 15.5. The van der Waals surface area contributed by atoms with Gasteiger partial charge in [-0.1, -0.05) is 17.7 Å². The minimum Gasteiger partial charge on any atom is -0.339 e. The van der Waals surface area contributed by atoms with Crippen LogP contribution in [0, 0.1) is 12.3 Å². The molecule has 2 saturated heterocycles. The summed E-state index contributed by atoms with van der Waals surface area (Å²) in [5.41, 5.74) is 1.76. The van der Waals surface area contributed by atoms with Crippen molar-refractivity contribution in [3.05, 3.63) is 53.9 Å². The molecular weight excluding hydrogens is 362 g/mol. The number of aryl methyl sites for hydroxylation is 1. The SMILES string of the molecule is Cc1ccc(S(=O)(=O)n2ccc(C(=O)N3CCC4(CCNC4)CC3)c2)cc1. The molecule has 1 N–H and O–H groups in total. The molecule has 3 heterocycles. The lowest BCUT2D eigenvalue weighted by molar-refractivity contribution is 0.0608. The van der Waals surface area contributed by atoms with Crippen LogP contribution in [-0.2, 0) is 10.0 Å². The summed E-state index contributed by atoms with van der Waals surface area (Å²) in [5, 5.41) is 3.42. The summed E-state index contributed by atoms with van der Waals surface area (Å²) in [5.74, 6) is -0.0892. The molecule has 144 valence electrons. The fraction of sp³-hybridized carbons (Fsp3) is 0.450.